The minimum absolute atomic E-state index is 0.0326. The van der Waals surface area contributed by atoms with Crippen LogP contribution in [0.3, 0.4) is 0 Å². The summed E-state index contributed by atoms with van der Waals surface area (Å²) in [6.07, 6.45) is 3.09. The number of hydrogen-bond acceptors (Lipinski definition) is 3. The molecule has 4 nitrogen and oxygen atoms in total. The average Bonchev–Trinajstić information content (AvgIpc) is 2.26. The van der Waals surface area contributed by atoms with Crippen LogP contribution in [0, 0.1) is 0 Å². The van der Waals surface area contributed by atoms with Gasteiger partial charge in [0, 0.05) is 19.0 Å². The van der Waals surface area contributed by atoms with Crippen molar-refractivity contribution in [2.75, 3.05) is 19.7 Å². The first kappa shape index (κ1) is 14.4. The van der Waals surface area contributed by atoms with Gasteiger partial charge in [-0.1, -0.05) is 13.8 Å². The smallest absolute Gasteiger partial charge is 0.222 e. The number of aliphatic hydroxyl groups is 1. The molecular weight excluding hydrogens is 192 g/mol. The summed E-state index contributed by atoms with van der Waals surface area (Å²) in [7, 11) is 0. The zero-order valence-corrected chi connectivity index (χ0v) is 9.91. The Morgan fingerprint density at radius 2 is 2.00 bits per heavy atom. The fraction of sp³-hybridized carbons (Fsp3) is 0.909. The van der Waals surface area contributed by atoms with E-state index in [0.29, 0.717) is 19.5 Å². The Hall–Kier alpha value is -0.610. The van der Waals surface area contributed by atoms with Gasteiger partial charge in [-0.2, -0.15) is 0 Å². The van der Waals surface area contributed by atoms with Crippen LogP contribution in [0.2, 0.25) is 0 Å². The van der Waals surface area contributed by atoms with Crippen LogP contribution in [0.5, 0.6) is 0 Å². The van der Waals surface area contributed by atoms with E-state index in [1.54, 1.807) is 4.90 Å². The molecule has 0 aliphatic rings. The van der Waals surface area contributed by atoms with E-state index in [1.807, 2.05) is 0 Å². The molecule has 0 aliphatic heterocycles. The first-order valence-electron chi connectivity index (χ1n) is 5.81. The molecule has 0 unspecified atom stereocenters. The van der Waals surface area contributed by atoms with Crippen molar-refractivity contribution < 1.29 is 9.90 Å². The maximum Gasteiger partial charge on any atom is 0.222 e. The number of nitrogens with zero attached hydrogens (tertiary/aromatic N) is 1. The highest BCUT2D eigenvalue weighted by Crippen LogP contribution is 2.10. The lowest BCUT2D eigenvalue weighted by molar-refractivity contribution is -0.134. The first-order chi connectivity index (χ1) is 7.21. The molecule has 0 aromatic rings. The van der Waals surface area contributed by atoms with Gasteiger partial charge in [0.15, 0.2) is 0 Å². The van der Waals surface area contributed by atoms with Crippen LogP contribution in [0.1, 0.15) is 39.5 Å². The normalized spacial score (nSPS) is 10.7. The van der Waals surface area contributed by atoms with E-state index in [2.05, 4.69) is 13.8 Å². The van der Waals surface area contributed by atoms with Crippen molar-refractivity contribution in [1.29, 1.82) is 0 Å². The maximum absolute atomic E-state index is 11.8. The Bertz CT molecular complexity index is 170. The third-order valence-electron chi connectivity index (χ3n) is 2.64. The maximum atomic E-state index is 11.8. The summed E-state index contributed by atoms with van der Waals surface area (Å²) in [4.78, 5) is 13.6. The first-order valence-corrected chi connectivity index (χ1v) is 5.81. The Labute approximate surface area is 92.4 Å². The van der Waals surface area contributed by atoms with E-state index in [4.69, 9.17) is 10.8 Å². The molecule has 0 spiro atoms. The van der Waals surface area contributed by atoms with E-state index in [9.17, 15) is 4.79 Å². The number of aliphatic hydroxyl groups excluding tert-OH is 1. The zero-order valence-electron chi connectivity index (χ0n) is 9.91. The summed E-state index contributed by atoms with van der Waals surface area (Å²) >= 11 is 0. The van der Waals surface area contributed by atoms with Gasteiger partial charge in [0.25, 0.3) is 0 Å². The molecule has 3 N–H and O–H groups in total. The Morgan fingerprint density at radius 1 is 1.40 bits per heavy atom. The molecule has 90 valence electrons. The molecule has 0 aliphatic carbocycles. The molecule has 0 aromatic carbocycles. The van der Waals surface area contributed by atoms with Gasteiger partial charge in [0.2, 0.25) is 5.91 Å². The van der Waals surface area contributed by atoms with E-state index >= 15 is 0 Å². The predicted molar refractivity (Wildman–Crippen MR) is 61.5 cm³/mol. The van der Waals surface area contributed by atoms with Gasteiger partial charge in [0.1, 0.15) is 0 Å². The van der Waals surface area contributed by atoms with Gasteiger partial charge in [-0.05, 0) is 25.8 Å². The van der Waals surface area contributed by atoms with Crippen LogP contribution < -0.4 is 5.73 Å². The van der Waals surface area contributed by atoms with Crippen LogP contribution in [0.25, 0.3) is 0 Å². The molecule has 0 aromatic heterocycles. The lowest BCUT2D eigenvalue weighted by Gasteiger charge is -2.30. The number of carbonyl (C=O) groups excluding carboxylic acids is 1. The van der Waals surface area contributed by atoms with Crippen molar-refractivity contribution in [1.82, 2.24) is 4.90 Å². The molecular formula is C11H24N2O2. The molecule has 0 radical (unpaired) electrons. The van der Waals surface area contributed by atoms with Crippen LogP contribution >= 0.6 is 0 Å². The number of rotatable bonds is 8. The fourth-order valence-corrected chi connectivity index (χ4v) is 1.74. The Kier molecular flexibility index (Phi) is 8.33. The zero-order chi connectivity index (χ0) is 11.7. The van der Waals surface area contributed by atoms with Crippen molar-refractivity contribution >= 4 is 5.91 Å². The van der Waals surface area contributed by atoms with Crippen LogP contribution in [-0.4, -0.2) is 41.7 Å². The van der Waals surface area contributed by atoms with E-state index in [0.717, 1.165) is 19.3 Å². The van der Waals surface area contributed by atoms with Crippen LogP contribution in [0.15, 0.2) is 0 Å². The molecule has 15 heavy (non-hydrogen) atoms. The Balaban J connectivity index is 4.28. The van der Waals surface area contributed by atoms with Crippen LogP contribution in [-0.2, 0) is 4.79 Å². The third-order valence-corrected chi connectivity index (χ3v) is 2.64. The number of hydrogen-bond donors (Lipinski definition) is 2. The Morgan fingerprint density at radius 3 is 2.40 bits per heavy atom. The summed E-state index contributed by atoms with van der Waals surface area (Å²) in [5, 5.41) is 8.93. The van der Waals surface area contributed by atoms with E-state index < -0.39 is 0 Å². The quantitative estimate of drug-likeness (QED) is 0.628. The minimum atomic E-state index is 0.0326. The van der Waals surface area contributed by atoms with Gasteiger partial charge in [0.05, 0.1) is 6.61 Å². The van der Waals surface area contributed by atoms with E-state index in [1.165, 1.54) is 0 Å². The van der Waals surface area contributed by atoms with E-state index in [-0.39, 0.29) is 18.6 Å². The minimum Gasteiger partial charge on any atom is -0.395 e. The van der Waals surface area contributed by atoms with Crippen molar-refractivity contribution in [3.05, 3.63) is 0 Å². The van der Waals surface area contributed by atoms with Crippen molar-refractivity contribution in [2.45, 2.75) is 45.6 Å². The molecule has 0 saturated heterocycles. The van der Waals surface area contributed by atoms with Gasteiger partial charge >= 0.3 is 0 Å². The average molecular weight is 216 g/mol. The number of nitrogens with two attached hydrogens (primary N) is 1. The second-order valence-corrected chi connectivity index (χ2v) is 3.67. The molecule has 0 bridgehead atoms. The van der Waals surface area contributed by atoms with Crippen molar-refractivity contribution in [2.24, 2.45) is 5.73 Å². The molecule has 0 atom stereocenters. The second kappa shape index (κ2) is 8.68. The monoisotopic (exact) mass is 216 g/mol. The van der Waals surface area contributed by atoms with Gasteiger partial charge in [-0.3, -0.25) is 4.79 Å². The SMILES string of the molecule is CCC(CC)N(CCO)C(=O)CCCN. The van der Waals surface area contributed by atoms with Gasteiger partial charge < -0.3 is 15.7 Å². The van der Waals surface area contributed by atoms with Gasteiger partial charge in [-0.25, -0.2) is 0 Å². The highest BCUT2D eigenvalue weighted by Gasteiger charge is 2.19. The lowest BCUT2D eigenvalue weighted by Crippen LogP contribution is -2.41. The predicted octanol–water partition coefficient (Wildman–Crippen LogP) is 0.735. The number of amides is 1. The molecule has 0 saturated carbocycles. The highest BCUT2D eigenvalue weighted by atomic mass is 16.3. The topological polar surface area (TPSA) is 66.6 Å². The third kappa shape index (κ3) is 5.14. The molecule has 0 heterocycles. The fourth-order valence-electron chi connectivity index (χ4n) is 1.74. The molecule has 0 rings (SSSR count). The summed E-state index contributed by atoms with van der Waals surface area (Å²) in [5.74, 6) is 0.114. The summed E-state index contributed by atoms with van der Waals surface area (Å²) < 4.78 is 0. The molecule has 1 amide bonds. The van der Waals surface area contributed by atoms with Crippen molar-refractivity contribution in [3.63, 3.8) is 0 Å². The molecule has 0 fully saturated rings. The van der Waals surface area contributed by atoms with Crippen LogP contribution in [0.4, 0.5) is 0 Å². The van der Waals surface area contributed by atoms with Gasteiger partial charge in [-0.15, -0.1) is 0 Å². The summed E-state index contributed by atoms with van der Waals surface area (Å²) in [5.41, 5.74) is 5.37. The summed E-state index contributed by atoms with van der Waals surface area (Å²) in [6.45, 7) is 5.14. The lowest BCUT2D eigenvalue weighted by atomic mass is 10.1. The largest absolute Gasteiger partial charge is 0.395 e. The second-order valence-electron chi connectivity index (χ2n) is 3.67. The van der Waals surface area contributed by atoms with Crippen molar-refractivity contribution in [3.8, 4) is 0 Å². The standard InChI is InChI=1S/C11H24N2O2/c1-3-10(4-2)13(8-9-14)11(15)6-5-7-12/h10,14H,3-9,12H2,1-2H3. The highest BCUT2D eigenvalue weighted by molar-refractivity contribution is 5.76. The summed E-state index contributed by atoms with van der Waals surface area (Å²) in [6, 6.07) is 0.252. The number of carbonyl (C=O) groups is 1. The molecule has 4 heteroatoms.